The van der Waals surface area contributed by atoms with Crippen LogP contribution in [0.15, 0.2) is 224 Å². The van der Waals surface area contributed by atoms with Gasteiger partial charge in [-0.1, -0.05) is 200 Å². The first-order valence-corrected chi connectivity index (χ1v) is 21.8. The second kappa shape index (κ2) is 17.1. The van der Waals surface area contributed by atoms with Gasteiger partial charge in [-0.3, -0.25) is 0 Å². The quantitative estimate of drug-likeness (QED) is 0.113. The lowest BCUT2D eigenvalue weighted by molar-refractivity contribution is 1.07. The largest absolute Gasteiger partial charge is 0.238 e. The molecule has 1 heterocycles. The summed E-state index contributed by atoms with van der Waals surface area (Å²) in [6.07, 6.45) is 0. The van der Waals surface area contributed by atoms with Crippen molar-refractivity contribution in [1.29, 1.82) is 5.26 Å². The van der Waals surface area contributed by atoms with Crippen molar-refractivity contribution in [3.05, 3.63) is 241 Å². The van der Waals surface area contributed by atoms with Crippen molar-refractivity contribution in [2.75, 3.05) is 0 Å². The molecule has 11 aromatic rings. The normalized spacial score (nSPS) is 11.0. The first-order chi connectivity index (χ1) is 32.6. The zero-order valence-corrected chi connectivity index (χ0v) is 35.6. The van der Waals surface area contributed by atoms with Gasteiger partial charge in [-0.05, 0) is 95.9 Å². The molecule has 1 aromatic heterocycles. The van der Waals surface area contributed by atoms with Crippen LogP contribution >= 0.6 is 0 Å². The molecule has 0 N–H and O–H groups in total. The highest BCUT2D eigenvalue weighted by atomic mass is 15.0. The van der Waals surface area contributed by atoms with Crippen molar-refractivity contribution in [1.82, 2.24) is 15.0 Å². The molecule has 306 valence electrons. The SMILES string of the molecule is [C-]#[N+]c1ccc(-c2ccc(-c3nc(-c4ccccc4)nc(-c4cccc(-c5cccc(C#N)c5-c5ccc(-c6cccc(-c7ccc8ccc9ccccc9c8c7)c6)cc5)c4)n3)cc2)cc1. The second-order valence-corrected chi connectivity index (χ2v) is 16.2. The summed E-state index contributed by atoms with van der Waals surface area (Å²) >= 11 is 0. The van der Waals surface area contributed by atoms with Crippen LogP contribution in [0.3, 0.4) is 0 Å². The molecule has 0 unspecified atom stereocenters. The van der Waals surface area contributed by atoms with E-state index in [1.165, 1.54) is 27.1 Å². The Bertz CT molecular complexity index is 3690. The molecule has 0 bridgehead atoms. The Balaban J connectivity index is 0.931. The number of benzene rings is 10. The smallest absolute Gasteiger partial charge is 0.187 e. The number of nitriles is 1. The van der Waals surface area contributed by atoms with Gasteiger partial charge in [-0.15, -0.1) is 0 Å². The van der Waals surface area contributed by atoms with Gasteiger partial charge < -0.3 is 0 Å². The van der Waals surface area contributed by atoms with E-state index in [0.29, 0.717) is 28.7 Å². The maximum Gasteiger partial charge on any atom is 0.187 e. The van der Waals surface area contributed by atoms with E-state index < -0.39 is 0 Å². The van der Waals surface area contributed by atoms with Crippen LogP contribution in [-0.4, -0.2) is 15.0 Å². The maximum atomic E-state index is 10.5. The first-order valence-electron chi connectivity index (χ1n) is 21.8. The van der Waals surface area contributed by atoms with Gasteiger partial charge in [-0.2, -0.15) is 5.26 Å². The van der Waals surface area contributed by atoms with Gasteiger partial charge in [0, 0.05) is 22.3 Å². The van der Waals surface area contributed by atoms with Crippen molar-refractivity contribution in [3.8, 4) is 95.9 Å². The van der Waals surface area contributed by atoms with E-state index in [9.17, 15) is 5.26 Å². The van der Waals surface area contributed by atoms with Crippen molar-refractivity contribution < 1.29 is 0 Å². The third-order valence-corrected chi connectivity index (χ3v) is 12.2. The molecular formula is C61H37N5. The zero-order chi connectivity index (χ0) is 44.4. The number of rotatable bonds is 8. The second-order valence-electron chi connectivity index (χ2n) is 16.2. The van der Waals surface area contributed by atoms with Crippen molar-refractivity contribution >= 4 is 27.2 Å². The Morgan fingerprint density at radius 1 is 0.348 bits per heavy atom. The number of hydrogen-bond donors (Lipinski definition) is 0. The topological polar surface area (TPSA) is 66.8 Å². The van der Waals surface area contributed by atoms with Crippen molar-refractivity contribution in [3.63, 3.8) is 0 Å². The fraction of sp³-hybridized carbons (Fsp3) is 0. The van der Waals surface area contributed by atoms with Crippen molar-refractivity contribution in [2.45, 2.75) is 0 Å². The van der Waals surface area contributed by atoms with Gasteiger partial charge in [0.25, 0.3) is 0 Å². The van der Waals surface area contributed by atoms with Gasteiger partial charge in [0.2, 0.25) is 0 Å². The number of fused-ring (bicyclic) bond motifs is 3. The standard InChI is InChI=1S/C61H37N5/c1-63-54-34-32-41(33-35-54)40-22-29-47(30-23-40)60-64-59(46-11-3-2-4-12-46)65-61(66-60)52-16-8-15-51(37-52)56-19-9-17-53(39-62)58(56)45-27-20-42(21-28-45)48-13-7-14-49(36-48)50-31-26-44-25-24-43-10-5-6-18-55(43)57(44)38-50/h2-38H. The van der Waals surface area contributed by atoms with Gasteiger partial charge in [0.1, 0.15) is 0 Å². The summed E-state index contributed by atoms with van der Waals surface area (Å²) in [4.78, 5) is 18.6. The molecule has 0 aliphatic rings. The Labute approximate surface area is 383 Å². The van der Waals surface area contributed by atoms with E-state index in [4.69, 9.17) is 21.5 Å². The molecule has 5 heteroatoms. The van der Waals surface area contributed by atoms with E-state index >= 15 is 0 Å². The fourth-order valence-electron chi connectivity index (χ4n) is 8.80. The van der Waals surface area contributed by atoms with Gasteiger partial charge in [0.05, 0.1) is 18.2 Å². The molecule has 0 atom stereocenters. The van der Waals surface area contributed by atoms with Crippen LogP contribution in [0.25, 0.3) is 116 Å². The number of aromatic nitrogens is 3. The van der Waals surface area contributed by atoms with Crippen molar-refractivity contribution in [2.24, 2.45) is 0 Å². The van der Waals surface area contributed by atoms with Crippen LogP contribution in [0, 0.1) is 17.9 Å². The monoisotopic (exact) mass is 839 g/mol. The Hall–Kier alpha value is -9.29. The van der Waals surface area contributed by atoms with E-state index in [2.05, 4.69) is 144 Å². The minimum absolute atomic E-state index is 0.543. The molecule has 0 spiro atoms. The molecule has 66 heavy (non-hydrogen) atoms. The van der Waals surface area contributed by atoms with E-state index in [-0.39, 0.29) is 0 Å². The highest BCUT2D eigenvalue weighted by Crippen LogP contribution is 2.39. The maximum absolute atomic E-state index is 10.5. The van der Waals surface area contributed by atoms with Crippen LogP contribution < -0.4 is 0 Å². The van der Waals surface area contributed by atoms with Crippen LogP contribution in [-0.2, 0) is 0 Å². The number of nitrogens with zero attached hydrogens (tertiary/aromatic N) is 5. The summed E-state index contributed by atoms with van der Waals surface area (Å²) in [5.41, 5.74) is 14.1. The van der Waals surface area contributed by atoms with E-state index in [0.717, 1.165) is 66.8 Å². The lowest BCUT2D eigenvalue weighted by Crippen LogP contribution is -2.00. The predicted molar refractivity (Wildman–Crippen MR) is 269 cm³/mol. The van der Waals surface area contributed by atoms with Crippen LogP contribution in [0.2, 0.25) is 0 Å². The Morgan fingerprint density at radius 3 is 1.50 bits per heavy atom. The third-order valence-electron chi connectivity index (χ3n) is 12.2. The molecular weight excluding hydrogens is 803 g/mol. The van der Waals surface area contributed by atoms with Gasteiger partial charge >= 0.3 is 0 Å². The van der Waals surface area contributed by atoms with Crippen LogP contribution in [0.1, 0.15) is 5.56 Å². The lowest BCUT2D eigenvalue weighted by Gasteiger charge is -2.14. The molecule has 0 aliphatic carbocycles. The molecule has 0 amide bonds. The number of hydrogen-bond acceptors (Lipinski definition) is 4. The van der Waals surface area contributed by atoms with Crippen LogP contribution in [0.4, 0.5) is 5.69 Å². The predicted octanol–water partition coefficient (Wildman–Crippen LogP) is 15.9. The highest BCUT2D eigenvalue weighted by molar-refractivity contribution is 6.08. The average molecular weight is 840 g/mol. The first kappa shape index (κ1) is 39.5. The molecule has 5 nitrogen and oxygen atoms in total. The fourth-order valence-corrected chi connectivity index (χ4v) is 8.80. The molecule has 0 fully saturated rings. The molecule has 10 aromatic carbocycles. The minimum atomic E-state index is 0.543. The molecule has 0 aliphatic heterocycles. The van der Waals surface area contributed by atoms with E-state index in [1.807, 2.05) is 91.0 Å². The molecule has 0 saturated carbocycles. The summed E-state index contributed by atoms with van der Waals surface area (Å²) < 4.78 is 0. The third kappa shape index (κ3) is 7.64. The van der Waals surface area contributed by atoms with Gasteiger partial charge in [-0.25, -0.2) is 19.8 Å². The summed E-state index contributed by atoms with van der Waals surface area (Å²) in [5, 5.41) is 15.4. The Kier molecular flexibility index (Phi) is 10.3. The van der Waals surface area contributed by atoms with Crippen LogP contribution in [0.5, 0.6) is 0 Å². The summed E-state index contributed by atoms with van der Waals surface area (Å²) in [6.45, 7) is 7.30. The summed E-state index contributed by atoms with van der Waals surface area (Å²) in [7, 11) is 0. The lowest BCUT2D eigenvalue weighted by atomic mass is 9.89. The summed E-state index contributed by atoms with van der Waals surface area (Å²) in [5.74, 6) is 1.67. The average Bonchev–Trinajstić information content (AvgIpc) is 3.40. The highest BCUT2D eigenvalue weighted by Gasteiger charge is 2.17. The molecule has 0 saturated heterocycles. The zero-order valence-electron chi connectivity index (χ0n) is 35.6. The summed E-state index contributed by atoms with van der Waals surface area (Å²) in [6, 6.07) is 79.1. The minimum Gasteiger partial charge on any atom is -0.238 e. The van der Waals surface area contributed by atoms with E-state index in [1.54, 1.807) is 0 Å². The molecule has 11 rings (SSSR count). The van der Waals surface area contributed by atoms with Gasteiger partial charge in [0.15, 0.2) is 23.2 Å². The Morgan fingerprint density at radius 2 is 0.803 bits per heavy atom. The molecule has 0 radical (unpaired) electrons.